The van der Waals surface area contributed by atoms with E-state index in [1.807, 2.05) is 0 Å². The lowest BCUT2D eigenvalue weighted by Crippen LogP contribution is -2.47. The highest BCUT2D eigenvalue weighted by Crippen LogP contribution is 2.24. The van der Waals surface area contributed by atoms with Crippen LogP contribution in [0.25, 0.3) is 0 Å². The quantitative estimate of drug-likeness (QED) is 0.254. The van der Waals surface area contributed by atoms with Crippen molar-refractivity contribution in [3.05, 3.63) is 0 Å². The first kappa shape index (κ1) is 22.9. The number of aliphatic hydroxyl groups is 2. The fourth-order valence-corrected chi connectivity index (χ4v) is 2.98. The number of carboxylic acid groups (broad SMARTS) is 1. The lowest BCUT2D eigenvalue weighted by Gasteiger charge is -2.27. The van der Waals surface area contributed by atoms with E-state index < -0.39 is 61.4 Å². The summed E-state index contributed by atoms with van der Waals surface area (Å²) in [4.78, 5) is 45.3. The zero-order chi connectivity index (χ0) is 19.1. The van der Waals surface area contributed by atoms with Crippen molar-refractivity contribution in [1.82, 2.24) is 5.32 Å². The molecule has 0 heterocycles. The summed E-state index contributed by atoms with van der Waals surface area (Å²) in [5, 5.41) is 28.7. The van der Waals surface area contributed by atoms with Crippen LogP contribution >= 0.6 is 19.8 Å². The van der Waals surface area contributed by atoms with Gasteiger partial charge in [-0.25, -0.2) is 0 Å². The monoisotopic (exact) mass is 384 g/mol. The van der Waals surface area contributed by atoms with Crippen LogP contribution in [0.2, 0.25) is 0 Å². The molecule has 10 nitrogen and oxygen atoms in total. The predicted octanol–water partition coefficient (Wildman–Crippen LogP) is -2.37. The Balaban J connectivity index is 4.70. The van der Waals surface area contributed by atoms with Crippen molar-refractivity contribution >= 4 is 36.8 Å². The van der Waals surface area contributed by atoms with Crippen molar-refractivity contribution in [2.24, 2.45) is 11.1 Å². The van der Waals surface area contributed by atoms with Gasteiger partial charge in [0.1, 0.15) is 12.1 Å². The molecule has 0 saturated heterocycles. The van der Waals surface area contributed by atoms with Crippen LogP contribution in [-0.4, -0.2) is 69.0 Å². The number of nitrogens with two attached hydrogens (primary N) is 1. The van der Waals surface area contributed by atoms with Crippen molar-refractivity contribution in [3.8, 4) is 0 Å². The van der Waals surface area contributed by atoms with E-state index in [9.17, 15) is 28.9 Å². The van der Waals surface area contributed by atoms with Crippen molar-refractivity contribution in [3.63, 3.8) is 0 Å². The maximum absolute atomic E-state index is 11.8. The van der Waals surface area contributed by atoms with Gasteiger partial charge in [-0.3, -0.25) is 14.4 Å². The first-order valence-electron chi connectivity index (χ1n) is 6.79. The summed E-state index contributed by atoms with van der Waals surface area (Å²) < 4.78 is 11.2. The first-order chi connectivity index (χ1) is 10.9. The van der Waals surface area contributed by atoms with E-state index in [-0.39, 0.29) is 5.75 Å². The minimum absolute atomic E-state index is 0.318. The number of nitrogens with one attached hydrogen (secondary N) is 1. The van der Waals surface area contributed by atoms with Gasteiger partial charge in [-0.05, 0) is 0 Å². The number of carbonyl (C=O) groups is 3. The van der Waals surface area contributed by atoms with Gasteiger partial charge in [0, 0.05) is 11.2 Å². The van der Waals surface area contributed by atoms with E-state index in [1.54, 1.807) is 0 Å². The molecule has 0 aliphatic rings. The van der Waals surface area contributed by atoms with E-state index >= 15 is 0 Å². The molecule has 0 aromatic heterocycles. The second-order valence-electron chi connectivity index (χ2n) is 5.67. The number of hydrogen-bond donors (Lipinski definition) is 5. The number of carbonyl (C=O) groups excluding carboxylic acids is 2. The van der Waals surface area contributed by atoms with Gasteiger partial charge in [0.2, 0.25) is 16.7 Å². The van der Waals surface area contributed by atoms with Crippen LogP contribution in [0.1, 0.15) is 13.8 Å². The molecular formula is C12H21N2O8PS. The molecule has 0 radical (unpaired) electrons. The average molecular weight is 384 g/mol. The molecule has 0 aromatic carbocycles. The van der Waals surface area contributed by atoms with Crippen LogP contribution in [0, 0.1) is 5.41 Å². The van der Waals surface area contributed by atoms with E-state index in [0.29, 0.717) is 11.8 Å². The number of carboxylic acids is 1. The van der Waals surface area contributed by atoms with Gasteiger partial charge < -0.3 is 31.3 Å². The number of hydrogen-bond acceptors (Lipinski definition) is 9. The third-order valence-corrected chi connectivity index (χ3v) is 5.31. The third-order valence-electron chi connectivity index (χ3n) is 3.11. The van der Waals surface area contributed by atoms with Crippen LogP contribution in [0.5, 0.6) is 0 Å². The molecule has 0 aliphatic heterocycles. The molecule has 12 heteroatoms. The van der Waals surface area contributed by atoms with Crippen molar-refractivity contribution in [1.29, 1.82) is 0 Å². The largest absolute Gasteiger partial charge is 0.595 e. The van der Waals surface area contributed by atoms with Crippen molar-refractivity contribution in [2.75, 3.05) is 18.9 Å². The third kappa shape index (κ3) is 7.20. The Morgan fingerprint density at radius 3 is 2.33 bits per heavy atom. The topological polar surface area (TPSA) is 190 Å². The smallest absolute Gasteiger partial charge is 0.322 e. The molecule has 0 rings (SSSR count). The molecule has 3 unspecified atom stereocenters. The highest BCUT2D eigenvalue weighted by molar-refractivity contribution is 8.14. The second-order valence-corrected chi connectivity index (χ2v) is 7.89. The minimum Gasteiger partial charge on any atom is -0.595 e. The lowest BCUT2D eigenvalue weighted by atomic mass is 9.87. The molecule has 24 heavy (non-hydrogen) atoms. The van der Waals surface area contributed by atoms with E-state index in [0.717, 1.165) is 0 Å². The van der Waals surface area contributed by atoms with Gasteiger partial charge in [-0.2, -0.15) is 0 Å². The summed E-state index contributed by atoms with van der Waals surface area (Å²) in [5.74, 6) is -2.58. The molecule has 0 bridgehead atoms. The van der Waals surface area contributed by atoms with Crippen molar-refractivity contribution in [2.45, 2.75) is 31.7 Å². The summed E-state index contributed by atoms with van der Waals surface area (Å²) in [6.07, 6.45) is -1.60. The Morgan fingerprint density at radius 2 is 1.92 bits per heavy atom. The molecule has 0 aromatic rings. The highest BCUT2D eigenvalue weighted by atomic mass is 32.2. The normalized spacial score (nSPS) is 16.0. The maximum Gasteiger partial charge on any atom is 0.322 e. The Labute approximate surface area is 143 Å². The summed E-state index contributed by atoms with van der Waals surface area (Å²) in [6.45, 7) is 1.79. The summed E-state index contributed by atoms with van der Waals surface area (Å²) in [7, 11) is -3.24. The van der Waals surface area contributed by atoms with Crippen LogP contribution < -0.4 is 15.9 Å². The molecule has 0 fully saturated rings. The number of rotatable bonds is 10. The SMILES string of the molecule is CC(C)(CO)[C@@H](O)C(=O)NCC(C(=O)SCC(N)C(=O)O)[P+](=O)[O-]. The molecule has 4 atom stereocenters. The number of thioether (sulfide) groups is 1. The van der Waals surface area contributed by atoms with Gasteiger partial charge in [0.15, 0.2) is 0 Å². The zero-order valence-electron chi connectivity index (χ0n) is 13.2. The van der Waals surface area contributed by atoms with Crippen LogP contribution in [-0.2, 0) is 18.9 Å². The summed E-state index contributed by atoms with van der Waals surface area (Å²) >= 11 is 0.437. The standard InChI is InChI=1S/C12H21N2O8PS/c1-12(2,5-15)8(16)9(17)14-3-7(23(21)22)11(20)24-4-6(13)10(18)19/h6-8,15-16H,3-5,13H2,1-2H3,(H,14,17)(H,18,19)/t6?,7?,8-/m0/s1. The average Bonchev–Trinajstić information content (AvgIpc) is 2.50. The molecule has 0 spiro atoms. The Hall–Kier alpha value is -1.10. The molecule has 0 aliphatic carbocycles. The number of amides is 1. The van der Waals surface area contributed by atoms with Crippen LogP contribution in [0.4, 0.5) is 0 Å². The Morgan fingerprint density at radius 1 is 1.38 bits per heavy atom. The van der Waals surface area contributed by atoms with Gasteiger partial charge in [-0.15, -0.1) is 0 Å². The molecule has 1 amide bonds. The number of aliphatic carboxylic acids is 1. The fourth-order valence-electron chi connectivity index (χ4n) is 1.32. The number of aliphatic hydroxyl groups excluding tert-OH is 2. The van der Waals surface area contributed by atoms with Crippen molar-refractivity contribution < 1.29 is 39.2 Å². The minimum atomic E-state index is -3.24. The van der Waals surface area contributed by atoms with E-state index in [1.165, 1.54) is 13.8 Å². The van der Waals surface area contributed by atoms with Gasteiger partial charge in [0.05, 0.1) is 13.2 Å². The van der Waals surface area contributed by atoms with Gasteiger partial charge in [0.25, 0.3) is 0 Å². The second kappa shape index (κ2) is 10.0. The Bertz CT molecular complexity index is 501. The van der Waals surface area contributed by atoms with Crippen LogP contribution in [0.15, 0.2) is 0 Å². The lowest BCUT2D eigenvalue weighted by molar-refractivity contribution is -0.166. The zero-order valence-corrected chi connectivity index (χ0v) is 14.9. The fraction of sp³-hybridized carbons (Fsp3) is 0.750. The van der Waals surface area contributed by atoms with Gasteiger partial charge in [-0.1, -0.05) is 30.2 Å². The molecule has 6 N–H and O–H groups in total. The van der Waals surface area contributed by atoms with Gasteiger partial charge >= 0.3 is 14.0 Å². The first-order valence-corrected chi connectivity index (χ1v) is 9.02. The summed E-state index contributed by atoms with van der Waals surface area (Å²) in [5.41, 5.74) is 2.49. The highest BCUT2D eigenvalue weighted by Gasteiger charge is 2.36. The maximum atomic E-state index is 11.8. The molecular weight excluding hydrogens is 363 g/mol. The predicted molar refractivity (Wildman–Crippen MR) is 84.4 cm³/mol. The molecule has 138 valence electrons. The summed E-state index contributed by atoms with van der Waals surface area (Å²) in [6, 6.07) is -1.33. The molecule has 0 saturated carbocycles. The van der Waals surface area contributed by atoms with E-state index in [4.69, 9.17) is 15.9 Å². The van der Waals surface area contributed by atoms with Crippen LogP contribution in [0.3, 0.4) is 0 Å². The Kier molecular flexibility index (Phi) is 9.56. The van der Waals surface area contributed by atoms with E-state index in [2.05, 4.69) is 5.32 Å².